The zero-order chi connectivity index (χ0) is 16.4. The molecule has 2 rings (SSSR count). The Morgan fingerprint density at radius 2 is 1.68 bits per heavy atom. The fourth-order valence-corrected chi connectivity index (χ4v) is 1.27. The highest BCUT2D eigenvalue weighted by molar-refractivity contribution is 5.56. The maximum Gasteiger partial charge on any atom is 0.451 e. The van der Waals surface area contributed by atoms with Gasteiger partial charge in [0.2, 0.25) is 5.82 Å². The first-order valence-electron chi connectivity index (χ1n) is 5.49. The van der Waals surface area contributed by atoms with Crippen molar-refractivity contribution in [2.24, 2.45) is 0 Å². The molecule has 0 spiro atoms. The summed E-state index contributed by atoms with van der Waals surface area (Å²) in [5, 5.41) is 0. The number of aromatic nitrogens is 4. The molecule has 0 saturated carbocycles. The van der Waals surface area contributed by atoms with Crippen LogP contribution in [0, 0.1) is 6.20 Å². The largest absolute Gasteiger partial charge is 0.454 e. The van der Waals surface area contributed by atoms with Crippen LogP contribution in [-0.4, -0.2) is 32.7 Å². The van der Waals surface area contributed by atoms with Gasteiger partial charge in [-0.15, -0.1) is 0 Å². The van der Waals surface area contributed by atoms with E-state index in [1.54, 1.807) is 0 Å². The van der Waals surface area contributed by atoms with Crippen LogP contribution in [0.3, 0.4) is 0 Å². The maximum atomic E-state index is 12.3. The molecule has 1 radical (unpaired) electrons. The van der Waals surface area contributed by atoms with Gasteiger partial charge in [-0.05, 0) is 6.07 Å². The molecule has 2 aromatic rings. The van der Waals surface area contributed by atoms with Crippen LogP contribution in [0.5, 0.6) is 6.01 Å². The van der Waals surface area contributed by atoms with Crippen molar-refractivity contribution in [3.05, 3.63) is 30.5 Å². The Labute approximate surface area is 119 Å². The number of rotatable bonds is 3. The Balaban J connectivity index is 2.19. The van der Waals surface area contributed by atoms with E-state index in [0.29, 0.717) is 0 Å². The molecule has 0 amide bonds. The summed E-state index contributed by atoms with van der Waals surface area (Å²) in [6.07, 6.45) is -5.38. The quantitative estimate of drug-likeness (QED) is 0.813. The van der Waals surface area contributed by atoms with Gasteiger partial charge in [0.05, 0.1) is 11.9 Å². The van der Waals surface area contributed by atoms with E-state index in [0.717, 1.165) is 18.5 Å². The summed E-state index contributed by atoms with van der Waals surface area (Å²) >= 11 is 0. The molecule has 0 unspecified atom stereocenters. The van der Waals surface area contributed by atoms with Crippen molar-refractivity contribution in [2.45, 2.75) is 12.4 Å². The minimum Gasteiger partial charge on any atom is -0.454 e. The van der Waals surface area contributed by atoms with Gasteiger partial charge in [0.15, 0.2) is 6.61 Å². The Bertz CT molecular complexity index is 640. The lowest BCUT2D eigenvalue weighted by atomic mass is 10.2. The topological polar surface area (TPSA) is 60.8 Å². The van der Waals surface area contributed by atoms with Crippen LogP contribution < -0.4 is 4.74 Å². The van der Waals surface area contributed by atoms with Gasteiger partial charge >= 0.3 is 18.4 Å². The van der Waals surface area contributed by atoms with E-state index >= 15 is 0 Å². The first-order valence-corrected chi connectivity index (χ1v) is 5.49. The van der Waals surface area contributed by atoms with Crippen LogP contribution in [0.2, 0.25) is 0 Å². The van der Waals surface area contributed by atoms with Gasteiger partial charge in [-0.1, -0.05) is 0 Å². The standard InChI is InChI=1S/C11H5F6N4O/c12-10(13,14)5-22-9-18-2-1-7(21-9)6-3-19-8(20-4-6)11(15,16)17/h1,3-4H,5H2. The lowest BCUT2D eigenvalue weighted by Crippen LogP contribution is -2.20. The molecule has 0 aromatic carbocycles. The summed E-state index contributed by atoms with van der Waals surface area (Å²) in [6, 6.07) is 0.529. The molecule has 0 bridgehead atoms. The molecule has 117 valence electrons. The van der Waals surface area contributed by atoms with Crippen LogP contribution in [0.25, 0.3) is 11.3 Å². The minimum atomic E-state index is -4.70. The van der Waals surface area contributed by atoms with Crippen LogP contribution >= 0.6 is 0 Å². The predicted molar refractivity (Wildman–Crippen MR) is 58.4 cm³/mol. The maximum absolute atomic E-state index is 12.3. The molecular formula is C11H5F6N4O. The molecule has 0 aliphatic carbocycles. The lowest BCUT2D eigenvalue weighted by molar-refractivity contribution is -0.154. The third-order valence-electron chi connectivity index (χ3n) is 2.14. The van der Waals surface area contributed by atoms with Gasteiger partial charge in [0.25, 0.3) is 0 Å². The fourth-order valence-electron chi connectivity index (χ4n) is 1.27. The van der Waals surface area contributed by atoms with Crippen LogP contribution in [-0.2, 0) is 6.18 Å². The Morgan fingerprint density at radius 1 is 1.05 bits per heavy atom. The van der Waals surface area contributed by atoms with E-state index in [2.05, 4.69) is 30.9 Å². The van der Waals surface area contributed by atoms with Crippen LogP contribution in [0.4, 0.5) is 26.3 Å². The Hall–Kier alpha value is -2.46. The normalized spacial score (nSPS) is 12.3. The molecule has 0 aliphatic rings. The van der Waals surface area contributed by atoms with Gasteiger partial charge in [0, 0.05) is 18.0 Å². The molecular weight excluding hydrogens is 318 g/mol. The molecule has 0 fully saturated rings. The molecule has 11 heteroatoms. The third kappa shape index (κ3) is 4.27. The van der Waals surface area contributed by atoms with Gasteiger partial charge in [-0.3, -0.25) is 0 Å². The first-order chi connectivity index (χ1) is 10.1. The van der Waals surface area contributed by atoms with E-state index in [1.165, 1.54) is 0 Å². The molecule has 0 aliphatic heterocycles. The highest BCUT2D eigenvalue weighted by Gasteiger charge is 2.34. The lowest BCUT2D eigenvalue weighted by Gasteiger charge is -2.08. The van der Waals surface area contributed by atoms with Crippen molar-refractivity contribution in [1.29, 1.82) is 0 Å². The van der Waals surface area contributed by atoms with E-state index < -0.39 is 30.8 Å². The van der Waals surface area contributed by atoms with Crippen molar-refractivity contribution in [3.8, 4) is 17.3 Å². The number of nitrogens with zero attached hydrogens (tertiary/aromatic N) is 4. The third-order valence-corrected chi connectivity index (χ3v) is 2.14. The van der Waals surface area contributed by atoms with Crippen molar-refractivity contribution in [2.75, 3.05) is 6.61 Å². The molecule has 0 N–H and O–H groups in total. The average Bonchev–Trinajstić information content (AvgIpc) is 2.44. The summed E-state index contributed by atoms with van der Waals surface area (Å²) in [4.78, 5) is 13.2. The van der Waals surface area contributed by atoms with Crippen LogP contribution in [0.15, 0.2) is 18.5 Å². The molecule has 0 saturated heterocycles. The van der Waals surface area contributed by atoms with Crippen LogP contribution in [0.1, 0.15) is 5.82 Å². The second-order valence-corrected chi connectivity index (χ2v) is 3.86. The number of hydrogen-bond donors (Lipinski definition) is 0. The fraction of sp³-hybridized carbons (Fsp3) is 0.273. The van der Waals surface area contributed by atoms with Crippen molar-refractivity contribution < 1.29 is 31.1 Å². The second-order valence-electron chi connectivity index (χ2n) is 3.86. The SMILES string of the molecule is FC(F)(F)COc1n[c]cc(-c2cnc(C(F)(F)F)nc2)n1. The highest BCUT2D eigenvalue weighted by atomic mass is 19.4. The summed E-state index contributed by atoms with van der Waals surface area (Å²) in [7, 11) is 0. The van der Waals surface area contributed by atoms with Gasteiger partial charge < -0.3 is 4.74 Å². The summed E-state index contributed by atoms with van der Waals surface area (Å²) in [5.74, 6) is -1.34. The zero-order valence-corrected chi connectivity index (χ0v) is 10.4. The molecule has 22 heavy (non-hydrogen) atoms. The molecule has 5 nitrogen and oxygen atoms in total. The molecule has 0 atom stereocenters. The number of hydrogen-bond acceptors (Lipinski definition) is 5. The molecule has 2 aromatic heterocycles. The van der Waals surface area contributed by atoms with E-state index in [-0.39, 0.29) is 11.3 Å². The van der Waals surface area contributed by atoms with E-state index in [9.17, 15) is 26.3 Å². The molecule has 2 heterocycles. The van der Waals surface area contributed by atoms with Crippen molar-refractivity contribution in [3.63, 3.8) is 0 Å². The summed E-state index contributed by atoms with van der Waals surface area (Å²) in [6.45, 7) is -1.60. The van der Waals surface area contributed by atoms with E-state index in [1.807, 2.05) is 0 Å². The zero-order valence-electron chi connectivity index (χ0n) is 10.4. The number of alkyl halides is 6. The summed E-state index contributed by atoms with van der Waals surface area (Å²) in [5.41, 5.74) is 0.0180. The average molecular weight is 323 g/mol. The summed E-state index contributed by atoms with van der Waals surface area (Å²) < 4.78 is 77.3. The predicted octanol–water partition coefficient (Wildman–Crippen LogP) is 2.69. The monoisotopic (exact) mass is 323 g/mol. The van der Waals surface area contributed by atoms with Gasteiger partial charge in [-0.2, -0.15) is 36.3 Å². The minimum absolute atomic E-state index is 0.0269. The van der Waals surface area contributed by atoms with Gasteiger partial charge in [0.1, 0.15) is 0 Å². The van der Waals surface area contributed by atoms with Gasteiger partial charge in [-0.25, -0.2) is 9.97 Å². The Kier molecular flexibility index (Phi) is 4.15. The first kappa shape index (κ1) is 15.9. The van der Waals surface area contributed by atoms with E-state index in [4.69, 9.17) is 0 Å². The number of ether oxygens (including phenoxy) is 1. The van der Waals surface area contributed by atoms with Crippen molar-refractivity contribution >= 4 is 0 Å². The Morgan fingerprint density at radius 3 is 2.23 bits per heavy atom. The number of halogens is 6. The second kappa shape index (κ2) is 5.73. The highest BCUT2D eigenvalue weighted by Crippen LogP contribution is 2.26. The van der Waals surface area contributed by atoms with Crippen molar-refractivity contribution in [1.82, 2.24) is 19.9 Å². The smallest absolute Gasteiger partial charge is 0.451 e.